The van der Waals surface area contributed by atoms with Crippen molar-refractivity contribution < 1.29 is 9.66 Å². The predicted molar refractivity (Wildman–Crippen MR) is 70.2 cm³/mol. The average Bonchev–Trinajstić information content (AvgIpc) is 2.39. The number of ether oxygens (including phenoxy) is 1. The Bertz CT molecular complexity index is 411. The molecular weight excluding hydrogens is 236 g/mol. The SMILES string of the molecule is CCN(CCOC)c1nc(NC)ccc1[N+](=O)[O-]. The molecule has 0 bridgehead atoms. The molecule has 0 fully saturated rings. The predicted octanol–water partition coefficient (Wildman–Crippen LogP) is 1.50. The summed E-state index contributed by atoms with van der Waals surface area (Å²) in [6.07, 6.45) is 0. The quantitative estimate of drug-likeness (QED) is 0.586. The molecule has 0 amide bonds. The zero-order valence-corrected chi connectivity index (χ0v) is 10.8. The molecule has 7 heteroatoms. The lowest BCUT2D eigenvalue weighted by atomic mass is 10.3. The third-order valence-corrected chi connectivity index (χ3v) is 2.55. The molecule has 100 valence electrons. The molecule has 1 N–H and O–H groups in total. The van der Waals surface area contributed by atoms with E-state index in [0.717, 1.165) is 0 Å². The maximum absolute atomic E-state index is 11.0. The summed E-state index contributed by atoms with van der Waals surface area (Å²) in [5.41, 5.74) is 0.00644. The molecule has 0 spiro atoms. The monoisotopic (exact) mass is 254 g/mol. The van der Waals surface area contributed by atoms with Gasteiger partial charge < -0.3 is 15.0 Å². The first-order valence-electron chi connectivity index (χ1n) is 5.71. The number of pyridine rings is 1. The van der Waals surface area contributed by atoms with E-state index in [-0.39, 0.29) is 5.69 Å². The smallest absolute Gasteiger partial charge is 0.311 e. The molecule has 1 rings (SSSR count). The number of aromatic nitrogens is 1. The second kappa shape index (κ2) is 6.75. The lowest BCUT2D eigenvalue weighted by molar-refractivity contribution is -0.384. The summed E-state index contributed by atoms with van der Waals surface area (Å²) in [6, 6.07) is 3.05. The van der Waals surface area contributed by atoms with E-state index in [1.807, 2.05) is 11.8 Å². The Morgan fingerprint density at radius 1 is 1.56 bits per heavy atom. The molecule has 0 aliphatic heterocycles. The molecule has 0 saturated carbocycles. The van der Waals surface area contributed by atoms with Gasteiger partial charge in [0.15, 0.2) is 0 Å². The standard InChI is InChI=1S/C11H18N4O3/c1-4-14(7-8-18-3)11-9(15(16)17)5-6-10(12-2)13-11/h5-6H,4,7-8H2,1-3H3,(H,12,13). The van der Waals surface area contributed by atoms with Gasteiger partial charge >= 0.3 is 5.69 Å². The minimum Gasteiger partial charge on any atom is -0.383 e. The summed E-state index contributed by atoms with van der Waals surface area (Å²) in [5.74, 6) is 0.970. The third-order valence-electron chi connectivity index (χ3n) is 2.55. The topological polar surface area (TPSA) is 80.5 Å². The van der Waals surface area contributed by atoms with E-state index in [9.17, 15) is 10.1 Å². The van der Waals surface area contributed by atoms with Crippen LogP contribution in [0.5, 0.6) is 0 Å². The first-order chi connectivity index (χ1) is 8.63. The Kier molecular flexibility index (Phi) is 5.31. The Morgan fingerprint density at radius 2 is 2.28 bits per heavy atom. The lowest BCUT2D eigenvalue weighted by Gasteiger charge is -2.21. The van der Waals surface area contributed by atoms with Crippen molar-refractivity contribution in [3.63, 3.8) is 0 Å². The molecule has 1 aromatic heterocycles. The van der Waals surface area contributed by atoms with E-state index in [1.54, 1.807) is 20.2 Å². The number of methoxy groups -OCH3 is 1. The Hall–Kier alpha value is -1.89. The normalized spacial score (nSPS) is 10.2. The molecular formula is C11H18N4O3. The molecule has 0 aliphatic rings. The summed E-state index contributed by atoms with van der Waals surface area (Å²) in [6.45, 7) is 3.61. The highest BCUT2D eigenvalue weighted by atomic mass is 16.6. The van der Waals surface area contributed by atoms with Crippen LogP contribution in [0.25, 0.3) is 0 Å². The van der Waals surface area contributed by atoms with Crippen LogP contribution in [-0.4, -0.2) is 43.8 Å². The van der Waals surface area contributed by atoms with Crippen LogP contribution in [0.15, 0.2) is 12.1 Å². The van der Waals surface area contributed by atoms with Gasteiger partial charge in [-0.2, -0.15) is 0 Å². The molecule has 0 unspecified atom stereocenters. The van der Waals surface area contributed by atoms with Crippen LogP contribution in [-0.2, 0) is 4.74 Å². The van der Waals surface area contributed by atoms with E-state index in [4.69, 9.17) is 4.74 Å². The van der Waals surface area contributed by atoms with Crippen LogP contribution in [0.2, 0.25) is 0 Å². The van der Waals surface area contributed by atoms with E-state index >= 15 is 0 Å². The van der Waals surface area contributed by atoms with Crippen LogP contribution < -0.4 is 10.2 Å². The lowest BCUT2D eigenvalue weighted by Crippen LogP contribution is -2.28. The fraction of sp³-hybridized carbons (Fsp3) is 0.545. The van der Waals surface area contributed by atoms with Gasteiger partial charge in [-0.25, -0.2) is 4.98 Å². The van der Waals surface area contributed by atoms with E-state index in [2.05, 4.69) is 10.3 Å². The fourth-order valence-corrected chi connectivity index (χ4v) is 1.57. The van der Waals surface area contributed by atoms with Gasteiger partial charge in [0.25, 0.3) is 0 Å². The molecule has 0 atom stereocenters. The third kappa shape index (κ3) is 3.30. The van der Waals surface area contributed by atoms with Crippen molar-refractivity contribution >= 4 is 17.3 Å². The first-order valence-corrected chi connectivity index (χ1v) is 5.71. The number of nitro groups is 1. The highest BCUT2D eigenvalue weighted by molar-refractivity contribution is 5.61. The van der Waals surface area contributed by atoms with Gasteiger partial charge in [-0.1, -0.05) is 0 Å². The zero-order chi connectivity index (χ0) is 13.5. The van der Waals surface area contributed by atoms with Crippen LogP contribution in [0, 0.1) is 10.1 Å². The maximum Gasteiger partial charge on any atom is 0.311 e. The zero-order valence-electron chi connectivity index (χ0n) is 10.8. The highest BCUT2D eigenvalue weighted by Gasteiger charge is 2.20. The van der Waals surface area contributed by atoms with Crippen molar-refractivity contribution in [3.8, 4) is 0 Å². The highest BCUT2D eigenvalue weighted by Crippen LogP contribution is 2.27. The van der Waals surface area contributed by atoms with Crippen molar-refractivity contribution in [2.75, 3.05) is 44.1 Å². The largest absolute Gasteiger partial charge is 0.383 e. The van der Waals surface area contributed by atoms with Gasteiger partial charge in [-0.05, 0) is 13.0 Å². The van der Waals surface area contributed by atoms with Gasteiger partial charge in [0.2, 0.25) is 5.82 Å². The van der Waals surface area contributed by atoms with Crippen molar-refractivity contribution in [2.24, 2.45) is 0 Å². The Morgan fingerprint density at radius 3 is 2.78 bits per heavy atom. The van der Waals surface area contributed by atoms with E-state index in [1.165, 1.54) is 6.07 Å². The van der Waals surface area contributed by atoms with E-state index < -0.39 is 4.92 Å². The number of likely N-dealkylation sites (N-methyl/N-ethyl adjacent to an activating group) is 1. The Labute approximate surface area is 106 Å². The summed E-state index contributed by atoms with van der Waals surface area (Å²) in [5, 5.41) is 13.9. The maximum atomic E-state index is 11.0. The minimum absolute atomic E-state index is 0.00644. The number of nitrogens with zero attached hydrogens (tertiary/aromatic N) is 3. The average molecular weight is 254 g/mol. The van der Waals surface area contributed by atoms with Gasteiger partial charge in [0.05, 0.1) is 11.5 Å². The molecule has 7 nitrogen and oxygen atoms in total. The van der Waals surface area contributed by atoms with Crippen molar-refractivity contribution in [3.05, 3.63) is 22.2 Å². The first kappa shape index (κ1) is 14.2. The van der Waals surface area contributed by atoms with Gasteiger partial charge in [0, 0.05) is 33.3 Å². The molecule has 0 aliphatic carbocycles. The molecule has 1 aromatic rings. The van der Waals surface area contributed by atoms with Gasteiger partial charge in [-0.15, -0.1) is 0 Å². The number of anilines is 2. The van der Waals surface area contributed by atoms with Crippen LogP contribution >= 0.6 is 0 Å². The second-order valence-corrected chi connectivity index (χ2v) is 3.62. The number of hydrogen-bond donors (Lipinski definition) is 1. The van der Waals surface area contributed by atoms with Crippen LogP contribution in [0.3, 0.4) is 0 Å². The number of rotatable bonds is 7. The van der Waals surface area contributed by atoms with Gasteiger partial charge in [-0.3, -0.25) is 10.1 Å². The second-order valence-electron chi connectivity index (χ2n) is 3.62. The van der Waals surface area contributed by atoms with Crippen molar-refractivity contribution in [1.82, 2.24) is 4.98 Å². The summed E-state index contributed by atoms with van der Waals surface area (Å²) >= 11 is 0. The molecule has 0 aromatic carbocycles. The summed E-state index contributed by atoms with van der Waals surface area (Å²) in [7, 11) is 3.32. The number of nitrogens with one attached hydrogen (secondary N) is 1. The van der Waals surface area contributed by atoms with Crippen molar-refractivity contribution in [1.29, 1.82) is 0 Å². The van der Waals surface area contributed by atoms with Crippen LogP contribution in [0.1, 0.15) is 6.92 Å². The molecule has 18 heavy (non-hydrogen) atoms. The minimum atomic E-state index is -0.419. The summed E-state index contributed by atoms with van der Waals surface area (Å²) < 4.78 is 5.00. The number of hydrogen-bond acceptors (Lipinski definition) is 6. The molecule has 0 radical (unpaired) electrons. The van der Waals surface area contributed by atoms with Crippen LogP contribution in [0.4, 0.5) is 17.3 Å². The van der Waals surface area contributed by atoms with E-state index in [0.29, 0.717) is 31.3 Å². The Balaban J connectivity index is 3.11. The summed E-state index contributed by atoms with van der Waals surface area (Å²) in [4.78, 5) is 16.7. The van der Waals surface area contributed by atoms with Gasteiger partial charge in [0.1, 0.15) is 5.82 Å². The van der Waals surface area contributed by atoms with Crippen molar-refractivity contribution in [2.45, 2.75) is 6.92 Å². The molecule has 1 heterocycles. The fourth-order valence-electron chi connectivity index (χ4n) is 1.57. The molecule has 0 saturated heterocycles.